The molecule has 1 unspecified atom stereocenters. The van der Waals surface area contributed by atoms with Gasteiger partial charge in [-0.15, -0.1) is 0 Å². The Bertz CT molecular complexity index is 971. The highest BCUT2D eigenvalue weighted by Crippen LogP contribution is 2.24. The standard InChI is InChI=1S/C25H24O4/c1-17(2)18(3)28-23-13-15-24(16-14-23)29-25(26)21-7-5-19(6-8-21)20-9-11-22(27-4)12-10-20/h5-16,18H,1H2,2-4H3. The molecular weight excluding hydrogens is 364 g/mol. The smallest absolute Gasteiger partial charge is 0.343 e. The van der Waals surface area contributed by atoms with Crippen LogP contribution in [-0.2, 0) is 0 Å². The van der Waals surface area contributed by atoms with E-state index in [9.17, 15) is 4.79 Å². The number of carbonyl (C=O) groups is 1. The fourth-order valence-electron chi connectivity index (χ4n) is 2.64. The van der Waals surface area contributed by atoms with E-state index in [1.807, 2.05) is 50.2 Å². The zero-order valence-electron chi connectivity index (χ0n) is 16.8. The molecule has 0 heterocycles. The molecule has 0 aliphatic carbocycles. The van der Waals surface area contributed by atoms with Crippen molar-refractivity contribution in [3.05, 3.63) is 90.5 Å². The predicted octanol–water partition coefficient (Wildman–Crippen LogP) is 5.92. The lowest BCUT2D eigenvalue weighted by Gasteiger charge is -2.14. The lowest BCUT2D eigenvalue weighted by atomic mass is 10.0. The molecule has 3 aromatic carbocycles. The van der Waals surface area contributed by atoms with E-state index in [1.54, 1.807) is 43.5 Å². The molecule has 0 aliphatic heterocycles. The van der Waals surface area contributed by atoms with Gasteiger partial charge in [-0.05, 0) is 79.1 Å². The zero-order valence-corrected chi connectivity index (χ0v) is 16.8. The molecule has 0 radical (unpaired) electrons. The second kappa shape index (κ2) is 9.11. The number of rotatable bonds is 7. The van der Waals surface area contributed by atoms with Crippen LogP contribution in [0.2, 0.25) is 0 Å². The largest absolute Gasteiger partial charge is 0.497 e. The Morgan fingerprint density at radius 2 is 1.28 bits per heavy atom. The fraction of sp³-hybridized carbons (Fsp3) is 0.160. The molecule has 0 N–H and O–H groups in total. The van der Waals surface area contributed by atoms with E-state index in [0.717, 1.165) is 22.4 Å². The van der Waals surface area contributed by atoms with Crippen molar-refractivity contribution < 1.29 is 19.0 Å². The molecule has 0 saturated heterocycles. The Morgan fingerprint density at radius 3 is 1.79 bits per heavy atom. The van der Waals surface area contributed by atoms with E-state index in [4.69, 9.17) is 14.2 Å². The maximum atomic E-state index is 12.4. The fourth-order valence-corrected chi connectivity index (χ4v) is 2.64. The Morgan fingerprint density at radius 1 is 0.793 bits per heavy atom. The second-order valence-electron chi connectivity index (χ2n) is 6.77. The molecule has 4 nitrogen and oxygen atoms in total. The summed E-state index contributed by atoms with van der Waals surface area (Å²) in [6, 6.07) is 22.0. The van der Waals surface area contributed by atoms with Gasteiger partial charge in [-0.3, -0.25) is 0 Å². The van der Waals surface area contributed by atoms with Gasteiger partial charge >= 0.3 is 5.97 Å². The summed E-state index contributed by atoms with van der Waals surface area (Å²) in [4.78, 5) is 12.4. The summed E-state index contributed by atoms with van der Waals surface area (Å²) < 4.78 is 16.4. The number of ether oxygens (including phenoxy) is 3. The first-order chi connectivity index (χ1) is 14.0. The van der Waals surface area contributed by atoms with E-state index in [2.05, 4.69) is 6.58 Å². The van der Waals surface area contributed by atoms with Gasteiger partial charge in [0.15, 0.2) is 0 Å². The number of hydrogen-bond acceptors (Lipinski definition) is 4. The Balaban J connectivity index is 1.63. The molecule has 0 spiro atoms. The van der Waals surface area contributed by atoms with Crippen LogP contribution in [0.3, 0.4) is 0 Å². The summed E-state index contributed by atoms with van der Waals surface area (Å²) in [5.41, 5.74) is 3.49. The summed E-state index contributed by atoms with van der Waals surface area (Å²) >= 11 is 0. The molecule has 3 aromatic rings. The third-order valence-electron chi connectivity index (χ3n) is 4.59. The molecule has 0 fully saturated rings. The third kappa shape index (κ3) is 5.26. The highest BCUT2D eigenvalue weighted by atomic mass is 16.5. The highest BCUT2D eigenvalue weighted by molar-refractivity contribution is 5.91. The monoisotopic (exact) mass is 388 g/mol. The predicted molar refractivity (Wildman–Crippen MR) is 115 cm³/mol. The molecule has 29 heavy (non-hydrogen) atoms. The first-order valence-electron chi connectivity index (χ1n) is 9.35. The lowest BCUT2D eigenvalue weighted by Crippen LogP contribution is -2.12. The van der Waals surface area contributed by atoms with E-state index in [0.29, 0.717) is 17.1 Å². The van der Waals surface area contributed by atoms with Crippen LogP contribution in [0, 0.1) is 0 Å². The van der Waals surface area contributed by atoms with Crippen LogP contribution in [0.1, 0.15) is 24.2 Å². The molecule has 148 valence electrons. The second-order valence-corrected chi connectivity index (χ2v) is 6.77. The summed E-state index contributed by atoms with van der Waals surface area (Å²) in [5, 5.41) is 0. The first kappa shape index (κ1) is 20.2. The van der Waals surface area contributed by atoms with Gasteiger partial charge in [0.25, 0.3) is 0 Å². The van der Waals surface area contributed by atoms with E-state index >= 15 is 0 Å². The van der Waals surface area contributed by atoms with Crippen molar-refractivity contribution in [3.8, 4) is 28.4 Å². The molecule has 0 bridgehead atoms. The Labute approximate surface area is 171 Å². The average molecular weight is 388 g/mol. The van der Waals surface area contributed by atoms with Gasteiger partial charge in [-0.1, -0.05) is 30.8 Å². The number of esters is 1. The number of hydrogen-bond donors (Lipinski definition) is 0. The zero-order chi connectivity index (χ0) is 20.8. The highest BCUT2D eigenvalue weighted by Gasteiger charge is 2.10. The molecular formula is C25H24O4. The quantitative estimate of drug-likeness (QED) is 0.286. The summed E-state index contributed by atoms with van der Waals surface area (Å²) in [7, 11) is 1.64. The van der Waals surface area contributed by atoms with Gasteiger partial charge in [-0.2, -0.15) is 0 Å². The topological polar surface area (TPSA) is 44.8 Å². The minimum Gasteiger partial charge on any atom is -0.497 e. The Kier molecular flexibility index (Phi) is 6.35. The van der Waals surface area contributed by atoms with Gasteiger partial charge < -0.3 is 14.2 Å². The van der Waals surface area contributed by atoms with Crippen LogP contribution in [0.5, 0.6) is 17.2 Å². The van der Waals surface area contributed by atoms with Crippen LogP contribution in [-0.4, -0.2) is 19.2 Å². The Hall–Kier alpha value is -3.53. The van der Waals surface area contributed by atoms with Gasteiger partial charge in [0, 0.05) is 0 Å². The third-order valence-corrected chi connectivity index (χ3v) is 4.59. The molecule has 3 rings (SSSR count). The summed E-state index contributed by atoms with van der Waals surface area (Å²) in [6.45, 7) is 7.73. The van der Waals surface area contributed by atoms with Crippen molar-refractivity contribution in [1.29, 1.82) is 0 Å². The van der Waals surface area contributed by atoms with Gasteiger partial charge in [0.2, 0.25) is 0 Å². The molecule has 0 aliphatic rings. The van der Waals surface area contributed by atoms with E-state index < -0.39 is 5.97 Å². The number of carbonyl (C=O) groups excluding carboxylic acids is 1. The van der Waals surface area contributed by atoms with Crippen molar-refractivity contribution in [2.24, 2.45) is 0 Å². The van der Waals surface area contributed by atoms with E-state index in [-0.39, 0.29) is 6.10 Å². The van der Waals surface area contributed by atoms with Gasteiger partial charge in [0.1, 0.15) is 23.4 Å². The molecule has 0 aromatic heterocycles. The van der Waals surface area contributed by atoms with Crippen LogP contribution in [0.4, 0.5) is 0 Å². The van der Waals surface area contributed by atoms with Crippen LogP contribution in [0.15, 0.2) is 84.9 Å². The summed E-state index contributed by atoms with van der Waals surface area (Å²) in [5.74, 6) is 1.56. The first-order valence-corrected chi connectivity index (χ1v) is 9.35. The molecule has 0 saturated carbocycles. The minimum absolute atomic E-state index is 0.0763. The SMILES string of the molecule is C=C(C)C(C)Oc1ccc(OC(=O)c2ccc(-c3ccc(OC)cc3)cc2)cc1. The summed E-state index contributed by atoms with van der Waals surface area (Å²) in [6.07, 6.45) is -0.0763. The van der Waals surface area contributed by atoms with E-state index in [1.165, 1.54) is 0 Å². The maximum Gasteiger partial charge on any atom is 0.343 e. The maximum absolute atomic E-state index is 12.4. The van der Waals surface area contributed by atoms with Crippen LogP contribution in [0.25, 0.3) is 11.1 Å². The number of methoxy groups -OCH3 is 1. The van der Waals surface area contributed by atoms with Crippen molar-refractivity contribution in [2.45, 2.75) is 20.0 Å². The van der Waals surface area contributed by atoms with Crippen molar-refractivity contribution in [2.75, 3.05) is 7.11 Å². The van der Waals surface area contributed by atoms with Crippen molar-refractivity contribution >= 4 is 5.97 Å². The lowest BCUT2D eigenvalue weighted by molar-refractivity contribution is 0.0734. The molecule has 4 heteroatoms. The minimum atomic E-state index is -0.407. The van der Waals surface area contributed by atoms with Crippen molar-refractivity contribution in [1.82, 2.24) is 0 Å². The molecule has 0 amide bonds. The van der Waals surface area contributed by atoms with Crippen LogP contribution < -0.4 is 14.2 Å². The normalized spacial score (nSPS) is 11.4. The van der Waals surface area contributed by atoms with Gasteiger partial charge in [0.05, 0.1) is 12.7 Å². The van der Waals surface area contributed by atoms with Crippen LogP contribution >= 0.6 is 0 Å². The molecule has 1 atom stereocenters. The number of benzene rings is 3. The van der Waals surface area contributed by atoms with Crippen molar-refractivity contribution in [3.63, 3.8) is 0 Å². The van der Waals surface area contributed by atoms with Gasteiger partial charge in [-0.25, -0.2) is 4.79 Å². The average Bonchev–Trinajstić information content (AvgIpc) is 2.75.